The van der Waals surface area contributed by atoms with Crippen LogP contribution in [0, 0.1) is 5.92 Å². The normalized spacial score (nSPS) is 17.3. The quantitative estimate of drug-likeness (QED) is 0.703. The fourth-order valence-corrected chi connectivity index (χ4v) is 1.82. The van der Waals surface area contributed by atoms with Crippen LogP contribution >= 0.6 is 0 Å². The standard InChI is InChI=1S/C12H23N3O2/c1-10-4-7-15(8-5-10)12(17)11(16)13-6-9-14(2)3/h10H,4-9H2,1-3H3,(H,13,16). The zero-order valence-corrected chi connectivity index (χ0v) is 11.0. The molecule has 0 aromatic rings. The summed E-state index contributed by atoms with van der Waals surface area (Å²) in [6, 6.07) is 0. The molecule has 0 aromatic heterocycles. The predicted molar refractivity (Wildman–Crippen MR) is 66.5 cm³/mol. The summed E-state index contributed by atoms with van der Waals surface area (Å²) >= 11 is 0. The number of hydrogen-bond donors (Lipinski definition) is 1. The highest BCUT2D eigenvalue weighted by Crippen LogP contribution is 2.15. The van der Waals surface area contributed by atoms with Crippen molar-refractivity contribution in [2.45, 2.75) is 19.8 Å². The van der Waals surface area contributed by atoms with Crippen LogP contribution in [0.5, 0.6) is 0 Å². The molecule has 0 aromatic carbocycles. The van der Waals surface area contributed by atoms with Gasteiger partial charge in [0, 0.05) is 26.2 Å². The minimum Gasteiger partial charge on any atom is -0.347 e. The Labute approximate surface area is 103 Å². The maximum atomic E-state index is 11.8. The van der Waals surface area contributed by atoms with Crippen molar-refractivity contribution in [2.75, 3.05) is 40.3 Å². The van der Waals surface area contributed by atoms with Gasteiger partial charge in [-0.2, -0.15) is 0 Å². The maximum Gasteiger partial charge on any atom is 0.311 e. The van der Waals surface area contributed by atoms with Crippen molar-refractivity contribution in [1.82, 2.24) is 15.1 Å². The van der Waals surface area contributed by atoms with Gasteiger partial charge < -0.3 is 15.1 Å². The number of carbonyl (C=O) groups excluding carboxylic acids is 2. The van der Waals surface area contributed by atoms with Crippen LogP contribution in [0.25, 0.3) is 0 Å². The second-order valence-electron chi connectivity index (χ2n) is 5.03. The Balaban J connectivity index is 2.29. The van der Waals surface area contributed by atoms with E-state index in [2.05, 4.69) is 12.2 Å². The van der Waals surface area contributed by atoms with Crippen LogP contribution in [0.3, 0.4) is 0 Å². The molecule has 1 N–H and O–H groups in total. The summed E-state index contributed by atoms with van der Waals surface area (Å²) in [5.74, 6) is -0.187. The number of nitrogens with one attached hydrogen (secondary N) is 1. The average molecular weight is 241 g/mol. The van der Waals surface area contributed by atoms with E-state index in [9.17, 15) is 9.59 Å². The molecule has 1 fully saturated rings. The Kier molecular flexibility index (Phi) is 5.41. The van der Waals surface area contributed by atoms with Crippen LogP contribution in [0.15, 0.2) is 0 Å². The number of rotatable bonds is 3. The van der Waals surface area contributed by atoms with E-state index < -0.39 is 5.91 Å². The summed E-state index contributed by atoms with van der Waals surface area (Å²) in [5.41, 5.74) is 0. The monoisotopic (exact) mass is 241 g/mol. The lowest BCUT2D eigenvalue weighted by Crippen LogP contribution is -2.47. The van der Waals surface area contributed by atoms with Crippen LogP contribution in [-0.4, -0.2) is 61.9 Å². The Bertz CT molecular complexity index is 271. The number of likely N-dealkylation sites (N-methyl/N-ethyl adjacent to an activating group) is 1. The zero-order valence-electron chi connectivity index (χ0n) is 11.0. The summed E-state index contributed by atoms with van der Waals surface area (Å²) < 4.78 is 0. The summed E-state index contributed by atoms with van der Waals surface area (Å²) in [4.78, 5) is 27.0. The third-order valence-electron chi connectivity index (χ3n) is 3.11. The van der Waals surface area contributed by atoms with E-state index in [1.165, 1.54) is 0 Å². The lowest BCUT2D eigenvalue weighted by atomic mass is 9.99. The molecule has 2 amide bonds. The third-order valence-corrected chi connectivity index (χ3v) is 3.11. The minimum absolute atomic E-state index is 0.379. The number of carbonyl (C=O) groups is 2. The fourth-order valence-electron chi connectivity index (χ4n) is 1.82. The molecule has 1 rings (SSSR count). The Morgan fingerprint density at radius 1 is 1.29 bits per heavy atom. The number of likely N-dealkylation sites (tertiary alicyclic amines) is 1. The second-order valence-corrected chi connectivity index (χ2v) is 5.03. The lowest BCUT2D eigenvalue weighted by molar-refractivity contribution is -0.146. The van der Waals surface area contributed by atoms with Crippen LogP contribution < -0.4 is 5.32 Å². The van der Waals surface area contributed by atoms with Crippen molar-refractivity contribution < 1.29 is 9.59 Å². The number of hydrogen-bond acceptors (Lipinski definition) is 3. The van der Waals surface area contributed by atoms with Gasteiger partial charge in [0.2, 0.25) is 0 Å². The third kappa shape index (κ3) is 4.73. The van der Waals surface area contributed by atoms with E-state index >= 15 is 0 Å². The SMILES string of the molecule is CC1CCN(C(=O)C(=O)NCCN(C)C)CC1. The van der Waals surface area contributed by atoms with Crippen LogP contribution in [0.1, 0.15) is 19.8 Å². The molecule has 1 aliphatic rings. The molecule has 17 heavy (non-hydrogen) atoms. The van der Waals surface area contributed by atoms with Crippen molar-refractivity contribution in [3.05, 3.63) is 0 Å². The molecule has 0 bridgehead atoms. The molecular formula is C12H23N3O2. The van der Waals surface area contributed by atoms with E-state index in [0.29, 0.717) is 25.6 Å². The predicted octanol–water partition coefficient (Wildman–Crippen LogP) is -0.0773. The van der Waals surface area contributed by atoms with Crippen molar-refractivity contribution in [3.8, 4) is 0 Å². The highest BCUT2D eigenvalue weighted by atomic mass is 16.2. The van der Waals surface area contributed by atoms with Gasteiger partial charge in [-0.1, -0.05) is 6.92 Å². The maximum absolute atomic E-state index is 11.8. The summed E-state index contributed by atoms with van der Waals surface area (Å²) in [6.07, 6.45) is 1.99. The van der Waals surface area contributed by atoms with Gasteiger partial charge >= 0.3 is 11.8 Å². The molecule has 5 nitrogen and oxygen atoms in total. The fraction of sp³-hybridized carbons (Fsp3) is 0.833. The van der Waals surface area contributed by atoms with Gasteiger partial charge in [0.25, 0.3) is 0 Å². The van der Waals surface area contributed by atoms with E-state index in [1.807, 2.05) is 19.0 Å². The highest BCUT2D eigenvalue weighted by Gasteiger charge is 2.24. The molecule has 0 unspecified atom stereocenters. The first kappa shape index (κ1) is 14.0. The summed E-state index contributed by atoms with van der Waals surface area (Å²) in [5, 5.41) is 2.65. The molecule has 5 heteroatoms. The van der Waals surface area contributed by atoms with E-state index in [-0.39, 0.29) is 5.91 Å². The number of nitrogens with zero attached hydrogens (tertiary/aromatic N) is 2. The Morgan fingerprint density at radius 3 is 2.41 bits per heavy atom. The second kappa shape index (κ2) is 6.59. The molecule has 0 radical (unpaired) electrons. The first-order valence-electron chi connectivity index (χ1n) is 6.22. The topological polar surface area (TPSA) is 52.7 Å². The van der Waals surface area contributed by atoms with Gasteiger partial charge in [-0.15, -0.1) is 0 Å². The first-order chi connectivity index (χ1) is 8.00. The first-order valence-corrected chi connectivity index (χ1v) is 6.22. The minimum atomic E-state index is -0.471. The molecule has 0 atom stereocenters. The molecule has 0 saturated carbocycles. The summed E-state index contributed by atoms with van der Waals surface area (Å²) in [7, 11) is 3.86. The molecular weight excluding hydrogens is 218 g/mol. The Morgan fingerprint density at radius 2 is 1.88 bits per heavy atom. The number of amides is 2. The molecule has 1 heterocycles. The van der Waals surface area contributed by atoms with Gasteiger partial charge in [-0.25, -0.2) is 0 Å². The molecule has 0 spiro atoms. The largest absolute Gasteiger partial charge is 0.347 e. The van der Waals surface area contributed by atoms with Crippen molar-refractivity contribution >= 4 is 11.8 Å². The molecule has 1 saturated heterocycles. The van der Waals surface area contributed by atoms with Crippen LogP contribution in [-0.2, 0) is 9.59 Å². The number of piperidine rings is 1. The average Bonchev–Trinajstić information content (AvgIpc) is 2.28. The molecule has 98 valence electrons. The van der Waals surface area contributed by atoms with Crippen molar-refractivity contribution in [2.24, 2.45) is 5.92 Å². The van der Waals surface area contributed by atoms with E-state index in [0.717, 1.165) is 19.4 Å². The lowest BCUT2D eigenvalue weighted by Gasteiger charge is -2.29. The van der Waals surface area contributed by atoms with Gasteiger partial charge in [0.15, 0.2) is 0 Å². The van der Waals surface area contributed by atoms with Crippen molar-refractivity contribution in [3.63, 3.8) is 0 Å². The van der Waals surface area contributed by atoms with Gasteiger partial charge in [-0.3, -0.25) is 9.59 Å². The van der Waals surface area contributed by atoms with Crippen LogP contribution in [0.2, 0.25) is 0 Å². The van der Waals surface area contributed by atoms with Crippen LogP contribution in [0.4, 0.5) is 0 Å². The van der Waals surface area contributed by atoms with Gasteiger partial charge in [-0.05, 0) is 32.9 Å². The molecule has 0 aliphatic carbocycles. The van der Waals surface area contributed by atoms with E-state index in [4.69, 9.17) is 0 Å². The highest BCUT2D eigenvalue weighted by molar-refractivity contribution is 6.35. The zero-order chi connectivity index (χ0) is 12.8. The smallest absolute Gasteiger partial charge is 0.311 e. The summed E-state index contributed by atoms with van der Waals surface area (Å²) in [6.45, 7) is 4.86. The van der Waals surface area contributed by atoms with Crippen molar-refractivity contribution in [1.29, 1.82) is 0 Å². The van der Waals surface area contributed by atoms with Gasteiger partial charge in [0.1, 0.15) is 0 Å². The van der Waals surface area contributed by atoms with E-state index in [1.54, 1.807) is 4.90 Å². The Hall–Kier alpha value is -1.10. The molecule has 1 aliphatic heterocycles. The van der Waals surface area contributed by atoms with Gasteiger partial charge in [0.05, 0.1) is 0 Å².